The van der Waals surface area contributed by atoms with Crippen LogP contribution in [-0.2, 0) is 19.1 Å². The zero-order valence-corrected chi connectivity index (χ0v) is 17.4. The first kappa shape index (κ1) is 23.0. The molecule has 1 aliphatic rings. The highest BCUT2D eigenvalue weighted by Crippen LogP contribution is 2.19. The van der Waals surface area contributed by atoms with Gasteiger partial charge in [-0.25, -0.2) is 14.4 Å². The van der Waals surface area contributed by atoms with Crippen LogP contribution in [0.15, 0.2) is 60.7 Å². The maximum atomic E-state index is 13.0. The molecule has 1 fully saturated rings. The van der Waals surface area contributed by atoms with E-state index in [1.54, 1.807) is 36.4 Å². The average Bonchev–Trinajstić information content (AvgIpc) is 2.82. The van der Waals surface area contributed by atoms with Gasteiger partial charge in [-0.1, -0.05) is 55.7 Å². The van der Waals surface area contributed by atoms with Crippen molar-refractivity contribution in [3.05, 3.63) is 71.8 Å². The van der Waals surface area contributed by atoms with Gasteiger partial charge in [-0.05, 0) is 37.1 Å². The van der Waals surface area contributed by atoms with Crippen LogP contribution in [0.5, 0.6) is 0 Å². The summed E-state index contributed by atoms with van der Waals surface area (Å²) in [4.78, 5) is 50.0. The van der Waals surface area contributed by atoms with Gasteiger partial charge in [-0.3, -0.25) is 4.79 Å². The number of carbonyl (C=O) groups excluding carboxylic acids is 3. The van der Waals surface area contributed by atoms with E-state index in [1.165, 1.54) is 24.3 Å². The minimum Gasteiger partial charge on any atom is -0.478 e. The number of amides is 1. The Morgan fingerprint density at radius 2 is 1.22 bits per heavy atom. The van der Waals surface area contributed by atoms with Crippen LogP contribution in [0.4, 0.5) is 0 Å². The number of rotatable bonds is 8. The molecule has 1 aliphatic carbocycles. The second-order valence-corrected chi connectivity index (χ2v) is 7.57. The standard InChI is InChI=1S/C24H25NO7/c26-21(25-18-14-8-3-9-15-18)19(31-23(29)16-10-4-1-5-11-16)20(22(27)28)32-24(30)17-12-6-2-7-13-17/h1-2,4-7,10-13,18-20H,3,8-9,14-15H2,(H,25,26)(H,27,28)/t19-,20-/m1/s1. The summed E-state index contributed by atoms with van der Waals surface area (Å²) in [6, 6.07) is 15.5. The van der Waals surface area contributed by atoms with Gasteiger partial charge >= 0.3 is 17.9 Å². The molecule has 8 nitrogen and oxygen atoms in total. The van der Waals surface area contributed by atoms with Crippen molar-refractivity contribution in [1.29, 1.82) is 0 Å². The van der Waals surface area contributed by atoms with E-state index >= 15 is 0 Å². The molecule has 1 amide bonds. The van der Waals surface area contributed by atoms with Crippen molar-refractivity contribution in [2.45, 2.75) is 50.4 Å². The van der Waals surface area contributed by atoms with E-state index in [9.17, 15) is 24.3 Å². The van der Waals surface area contributed by atoms with Gasteiger partial charge in [0.15, 0.2) is 0 Å². The van der Waals surface area contributed by atoms with Gasteiger partial charge in [0.05, 0.1) is 11.1 Å². The van der Waals surface area contributed by atoms with Crippen molar-refractivity contribution < 1.29 is 33.8 Å². The molecular formula is C24H25NO7. The molecule has 8 heteroatoms. The smallest absolute Gasteiger partial charge is 0.349 e. The molecule has 0 bridgehead atoms. The maximum absolute atomic E-state index is 13.0. The van der Waals surface area contributed by atoms with E-state index in [0.29, 0.717) is 0 Å². The predicted octanol–water partition coefficient (Wildman–Crippen LogP) is 2.97. The van der Waals surface area contributed by atoms with Crippen molar-refractivity contribution in [3.8, 4) is 0 Å². The fourth-order valence-electron chi connectivity index (χ4n) is 3.54. The van der Waals surface area contributed by atoms with E-state index in [2.05, 4.69) is 5.32 Å². The Balaban J connectivity index is 1.83. The Labute approximate surface area is 185 Å². The first-order chi connectivity index (χ1) is 15.5. The molecule has 0 unspecified atom stereocenters. The number of carboxylic acids is 1. The van der Waals surface area contributed by atoms with E-state index < -0.39 is 36.0 Å². The number of benzene rings is 2. The lowest BCUT2D eigenvalue weighted by Gasteiger charge is -2.27. The SMILES string of the molecule is O=C(O[C@@H](C(=O)O)[C@@H](OC(=O)c1ccccc1)C(=O)NC1CCCCC1)c1ccccc1. The van der Waals surface area contributed by atoms with Crippen LogP contribution in [0.2, 0.25) is 0 Å². The van der Waals surface area contributed by atoms with E-state index in [1.807, 2.05) is 0 Å². The number of carbonyl (C=O) groups is 4. The van der Waals surface area contributed by atoms with Crippen LogP contribution < -0.4 is 5.32 Å². The van der Waals surface area contributed by atoms with E-state index in [-0.39, 0.29) is 17.2 Å². The molecule has 2 N–H and O–H groups in total. The third-order valence-corrected chi connectivity index (χ3v) is 5.22. The Kier molecular flexibility index (Phi) is 7.96. The summed E-state index contributed by atoms with van der Waals surface area (Å²) in [5.41, 5.74) is 0.251. The quantitative estimate of drug-likeness (QED) is 0.607. The lowest BCUT2D eigenvalue weighted by atomic mass is 9.95. The van der Waals surface area contributed by atoms with Crippen LogP contribution in [0, 0.1) is 0 Å². The molecule has 0 aliphatic heterocycles. The maximum Gasteiger partial charge on any atom is 0.349 e. The first-order valence-electron chi connectivity index (χ1n) is 10.5. The highest BCUT2D eigenvalue weighted by molar-refractivity contribution is 5.96. The van der Waals surface area contributed by atoms with Gasteiger partial charge in [0.2, 0.25) is 12.2 Å². The summed E-state index contributed by atoms with van der Waals surface area (Å²) >= 11 is 0. The molecule has 1 saturated carbocycles. The molecule has 0 heterocycles. The number of hydrogen-bond acceptors (Lipinski definition) is 6. The van der Waals surface area contributed by atoms with E-state index in [4.69, 9.17) is 9.47 Å². The highest BCUT2D eigenvalue weighted by Gasteiger charge is 2.41. The zero-order chi connectivity index (χ0) is 22.9. The number of carboxylic acid groups (broad SMARTS) is 1. The van der Waals surface area contributed by atoms with Crippen LogP contribution in [-0.4, -0.2) is 47.2 Å². The molecule has 0 aromatic heterocycles. The third kappa shape index (κ3) is 6.16. The topological polar surface area (TPSA) is 119 Å². The number of hydrogen-bond donors (Lipinski definition) is 2. The second kappa shape index (κ2) is 11.1. The van der Waals surface area contributed by atoms with Crippen LogP contribution in [0.3, 0.4) is 0 Å². The summed E-state index contributed by atoms with van der Waals surface area (Å²) in [6.45, 7) is 0. The summed E-state index contributed by atoms with van der Waals surface area (Å²) in [5.74, 6) is -4.24. The lowest BCUT2D eigenvalue weighted by molar-refractivity contribution is -0.159. The number of ether oxygens (including phenoxy) is 2. The van der Waals surface area contributed by atoms with Gasteiger partial charge in [-0.2, -0.15) is 0 Å². The molecule has 2 aromatic carbocycles. The molecule has 0 spiro atoms. The van der Waals surface area contributed by atoms with E-state index in [0.717, 1.165) is 32.1 Å². The Bertz CT molecular complexity index is 939. The van der Waals surface area contributed by atoms with Crippen molar-refractivity contribution in [1.82, 2.24) is 5.32 Å². The lowest BCUT2D eigenvalue weighted by Crippen LogP contribution is -2.52. The molecule has 0 radical (unpaired) electrons. The molecule has 2 aromatic rings. The van der Waals surface area contributed by atoms with Crippen LogP contribution >= 0.6 is 0 Å². The average molecular weight is 439 g/mol. The van der Waals surface area contributed by atoms with Gasteiger partial charge in [0.1, 0.15) is 0 Å². The second-order valence-electron chi connectivity index (χ2n) is 7.57. The van der Waals surface area contributed by atoms with Crippen molar-refractivity contribution in [2.24, 2.45) is 0 Å². The van der Waals surface area contributed by atoms with Gasteiger partial charge in [0.25, 0.3) is 5.91 Å². The fraction of sp³-hybridized carbons (Fsp3) is 0.333. The minimum absolute atomic E-state index is 0.111. The molecule has 3 rings (SSSR count). The molecular weight excluding hydrogens is 414 g/mol. The monoisotopic (exact) mass is 439 g/mol. The normalized spacial score (nSPS) is 15.8. The van der Waals surface area contributed by atoms with Crippen molar-refractivity contribution in [2.75, 3.05) is 0 Å². The minimum atomic E-state index is -2.01. The Hall–Kier alpha value is -3.68. The van der Waals surface area contributed by atoms with Crippen molar-refractivity contribution >= 4 is 23.8 Å². The Morgan fingerprint density at radius 1 is 0.750 bits per heavy atom. The highest BCUT2D eigenvalue weighted by atomic mass is 16.6. The molecule has 32 heavy (non-hydrogen) atoms. The first-order valence-corrected chi connectivity index (χ1v) is 10.5. The zero-order valence-electron chi connectivity index (χ0n) is 17.4. The number of aliphatic carboxylic acids is 1. The van der Waals surface area contributed by atoms with Crippen LogP contribution in [0.1, 0.15) is 52.8 Å². The summed E-state index contributed by atoms with van der Waals surface area (Å²) < 4.78 is 10.4. The molecule has 2 atom stereocenters. The Morgan fingerprint density at radius 3 is 1.69 bits per heavy atom. The summed E-state index contributed by atoms with van der Waals surface area (Å²) in [5, 5.41) is 12.5. The van der Waals surface area contributed by atoms with Gasteiger partial charge in [-0.15, -0.1) is 0 Å². The summed E-state index contributed by atoms with van der Waals surface area (Å²) in [7, 11) is 0. The van der Waals surface area contributed by atoms with Gasteiger partial charge < -0.3 is 19.9 Å². The largest absolute Gasteiger partial charge is 0.478 e. The number of nitrogens with one attached hydrogen (secondary N) is 1. The summed E-state index contributed by atoms with van der Waals surface area (Å²) in [6.07, 6.45) is 0.550. The van der Waals surface area contributed by atoms with Crippen LogP contribution in [0.25, 0.3) is 0 Å². The third-order valence-electron chi connectivity index (χ3n) is 5.22. The number of esters is 2. The van der Waals surface area contributed by atoms with Gasteiger partial charge in [0, 0.05) is 6.04 Å². The van der Waals surface area contributed by atoms with Crippen molar-refractivity contribution in [3.63, 3.8) is 0 Å². The molecule has 168 valence electrons. The fourth-order valence-corrected chi connectivity index (χ4v) is 3.54. The predicted molar refractivity (Wildman–Crippen MR) is 114 cm³/mol. The molecule has 0 saturated heterocycles.